The van der Waals surface area contributed by atoms with Gasteiger partial charge in [-0.15, -0.1) is 0 Å². The third-order valence-electron chi connectivity index (χ3n) is 3.98. The van der Waals surface area contributed by atoms with Gasteiger partial charge in [-0.25, -0.2) is 0 Å². The standard InChI is InChI=1S/C18H36O2.2Na.H3O4P.12H2O/c1-2-3-4-5-6-7-8-9-10-11-12-13-14-15-16-17-18(19)20;;;1-5(2,3)4;;;;;;;;;;;;/h2-17H2,1H3,(H,19,20);;;(H3,1,2,3,4);12*1H2/q;2*+1;;;;;;;;;;;;;/p-2. The Morgan fingerprint density at radius 3 is 0.821 bits per heavy atom. The minimum atomic E-state index is -4.89. The second-order valence-electron chi connectivity index (χ2n) is 6.56. The van der Waals surface area contributed by atoms with Crippen LogP contribution in [0.4, 0.5) is 0 Å². The number of aliphatic carboxylic acids is 1. The molecule has 0 aromatic heterocycles. The van der Waals surface area contributed by atoms with Crippen LogP contribution in [-0.2, 0) is 9.36 Å². The Morgan fingerprint density at radius 1 is 0.513 bits per heavy atom. The van der Waals surface area contributed by atoms with Crippen molar-refractivity contribution in [1.29, 1.82) is 0 Å². The van der Waals surface area contributed by atoms with Crippen molar-refractivity contribution in [2.45, 2.75) is 110 Å². The summed E-state index contributed by atoms with van der Waals surface area (Å²) in [6.07, 6.45) is 19.9. The summed E-state index contributed by atoms with van der Waals surface area (Å²) in [5, 5.41) is 10.2. The van der Waals surface area contributed by atoms with Gasteiger partial charge >= 0.3 is 59.1 Å². The average molecular weight is 643 g/mol. The summed E-state index contributed by atoms with van der Waals surface area (Å²) in [6.45, 7) is 2.27. The van der Waals surface area contributed by atoms with Crippen molar-refractivity contribution in [3.05, 3.63) is 0 Å². The second-order valence-corrected chi connectivity index (χ2v) is 7.54. The maximum Gasteiger partial charge on any atom is 1.00 e. The first-order chi connectivity index (χ1) is 11.8. The molecule has 0 spiro atoms. The van der Waals surface area contributed by atoms with Crippen LogP contribution in [0.2, 0.25) is 0 Å². The van der Waals surface area contributed by atoms with Gasteiger partial charge in [-0.1, -0.05) is 96.8 Å². The number of carboxylic acid groups (broad SMARTS) is 1. The minimum Gasteiger partial charge on any atom is -0.756 e. The zero-order chi connectivity index (χ0) is 19.4. The zero-order valence-corrected chi connectivity index (χ0v) is 28.7. The molecule has 0 aliphatic heterocycles. The Morgan fingerprint density at radius 2 is 0.667 bits per heavy atom. The van der Waals surface area contributed by atoms with Gasteiger partial charge in [0.2, 0.25) is 0 Å². The first-order valence-corrected chi connectivity index (χ1v) is 11.3. The van der Waals surface area contributed by atoms with Gasteiger partial charge in [0.15, 0.2) is 0 Å². The molecule has 0 aromatic rings. The summed E-state index contributed by atoms with van der Waals surface area (Å²) in [5.74, 6) is -0.903. The van der Waals surface area contributed by atoms with Crippen LogP contribution in [0.25, 0.3) is 0 Å². The molecule has 21 heteroatoms. The molecule has 0 radical (unpaired) electrons. The SMILES string of the molecule is CCCCCCCCCCCCCCCCCC(=O)[O-].O.O.O.O.O.O.O.O.O.O.O.O.O=P([O-])(O)O.[Na+].[Na+]. The van der Waals surface area contributed by atoms with E-state index in [4.69, 9.17) is 19.2 Å². The molecule has 0 rings (SSSR count). The minimum absolute atomic E-state index is 0. The smallest absolute Gasteiger partial charge is 0.756 e. The summed E-state index contributed by atoms with van der Waals surface area (Å²) in [4.78, 5) is 33.1. The fourth-order valence-electron chi connectivity index (χ4n) is 2.64. The van der Waals surface area contributed by atoms with Crippen molar-refractivity contribution in [3.63, 3.8) is 0 Å². The van der Waals surface area contributed by atoms with E-state index < -0.39 is 13.8 Å². The molecule has 26 N–H and O–H groups in total. The van der Waals surface area contributed by atoms with Crippen LogP contribution in [0.5, 0.6) is 0 Å². The molecule has 0 aliphatic rings. The van der Waals surface area contributed by atoms with Gasteiger partial charge in [0.25, 0.3) is 7.82 Å². The van der Waals surface area contributed by atoms with E-state index in [2.05, 4.69) is 6.92 Å². The monoisotopic (exact) mass is 642 g/mol. The third kappa shape index (κ3) is 164. The zero-order valence-electron chi connectivity index (χ0n) is 23.8. The van der Waals surface area contributed by atoms with Crippen LogP contribution in [0.1, 0.15) is 110 Å². The van der Waals surface area contributed by atoms with Crippen LogP contribution in [0.3, 0.4) is 0 Å². The average Bonchev–Trinajstić information content (AvgIpc) is 2.49. The maximum absolute atomic E-state index is 10.2. The number of carbonyl (C=O) groups is 1. The van der Waals surface area contributed by atoms with Crippen molar-refractivity contribution in [2.75, 3.05) is 0 Å². The molecule has 0 saturated carbocycles. The first kappa shape index (κ1) is 106. The van der Waals surface area contributed by atoms with Crippen molar-refractivity contribution in [3.8, 4) is 0 Å². The van der Waals surface area contributed by atoms with E-state index in [0.29, 0.717) is 0 Å². The van der Waals surface area contributed by atoms with Gasteiger partial charge in [0, 0.05) is 5.97 Å². The van der Waals surface area contributed by atoms with Crippen LogP contribution >= 0.6 is 7.82 Å². The normalized spacial score (nSPS) is 7.08. The first-order valence-electron chi connectivity index (χ1n) is 9.73. The van der Waals surface area contributed by atoms with E-state index in [0.717, 1.165) is 12.8 Å². The van der Waals surface area contributed by atoms with Crippen molar-refractivity contribution < 1.29 is 154 Å². The fourth-order valence-corrected chi connectivity index (χ4v) is 2.64. The molecule has 0 aliphatic carbocycles. The molecule has 0 aromatic carbocycles. The summed E-state index contributed by atoms with van der Waals surface area (Å²) in [5.41, 5.74) is 0. The van der Waals surface area contributed by atoms with Gasteiger partial charge in [-0.3, -0.25) is 4.57 Å². The molecule has 0 atom stereocenters. The summed E-state index contributed by atoms with van der Waals surface area (Å²) in [6, 6.07) is 0. The molecule has 18 nitrogen and oxygen atoms in total. The van der Waals surface area contributed by atoms with Gasteiger partial charge in [-0.05, 0) is 12.8 Å². The van der Waals surface area contributed by atoms with Crippen LogP contribution in [0.15, 0.2) is 0 Å². The molecule has 0 fully saturated rings. The van der Waals surface area contributed by atoms with E-state index in [9.17, 15) is 9.90 Å². The molecule has 0 amide bonds. The van der Waals surface area contributed by atoms with Gasteiger partial charge in [0.1, 0.15) is 0 Å². The number of rotatable bonds is 16. The van der Waals surface area contributed by atoms with E-state index in [-0.39, 0.29) is 131 Å². The maximum atomic E-state index is 10.2. The van der Waals surface area contributed by atoms with E-state index >= 15 is 0 Å². The summed E-state index contributed by atoms with van der Waals surface area (Å²) < 4.78 is 8.77. The van der Waals surface area contributed by atoms with Crippen molar-refractivity contribution >= 4 is 13.8 Å². The van der Waals surface area contributed by atoms with E-state index in [1.54, 1.807) is 0 Å². The van der Waals surface area contributed by atoms with Gasteiger partial charge < -0.3 is 90.3 Å². The van der Waals surface area contributed by atoms with Crippen LogP contribution < -0.4 is 69.1 Å². The van der Waals surface area contributed by atoms with Crippen LogP contribution in [-0.4, -0.2) is 81.5 Å². The predicted molar refractivity (Wildman–Crippen MR) is 140 cm³/mol. The largest absolute Gasteiger partial charge is 1.00 e. The van der Waals surface area contributed by atoms with Crippen LogP contribution in [0, 0.1) is 0 Å². The molecule has 0 saturated heterocycles. The van der Waals surface area contributed by atoms with Crippen molar-refractivity contribution in [1.82, 2.24) is 0 Å². The predicted octanol–water partition coefficient (Wildman–Crippen LogP) is -12.5. The number of carbonyl (C=O) groups excluding carboxylic acids is 1. The van der Waals surface area contributed by atoms with Gasteiger partial charge in [0.05, 0.1) is 0 Å². The Kier molecular flexibility index (Phi) is 225. The topological polar surface area (TPSA) is 499 Å². The fraction of sp³-hybridized carbons (Fsp3) is 0.944. The number of unbranched alkanes of at least 4 members (excludes halogenated alkanes) is 14. The summed E-state index contributed by atoms with van der Waals surface area (Å²) >= 11 is 0. The Bertz CT molecular complexity index is 350. The Balaban J connectivity index is -0.0000000184. The molecular formula is C18H61Na2O18P. The van der Waals surface area contributed by atoms with E-state index in [1.165, 1.54) is 83.5 Å². The molecule has 0 heterocycles. The number of phosphoric acid groups is 1. The van der Waals surface area contributed by atoms with Gasteiger partial charge in [-0.2, -0.15) is 0 Å². The Hall–Kier alpha value is 1.10. The van der Waals surface area contributed by atoms with Crippen molar-refractivity contribution in [2.24, 2.45) is 0 Å². The number of carboxylic acids is 1. The summed E-state index contributed by atoms with van der Waals surface area (Å²) in [7, 11) is -4.89. The van der Waals surface area contributed by atoms with E-state index in [1.807, 2.05) is 0 Å². The molecule has 248 valence electrons. The Labute approximate surface area is 275 Å². The molecule has 0 unspecified atom stereocenters. The second kappa shape index (κ2) is 83.3. The quantitative estimate of drug-likeness (QED) is 0.0933. The molecular weight excluding hydrogens is 581 g/mol. The molecule has 0 bridgehead atoms. The number of hydrogen-bond acceptors (Lipinski definition) is 4. The third-order valence-corrected chi connectivity index (χ3v) is 3.98. The molecule has 39 heavy (non-hydrogen) atoms. The number of hydrogen-bond donors (Lipinski definition) is 2.